The molecule has 13 heavy (non-hydrogen) atoms. The summed E-state index contributed by atoms with van der Waals surface area (Å²) < 4.78 is 12.5. The van der Waals surface area contributed by atoms with E-state index in [1.165, 1.54) is 12.1 Å². The number of halogens is 1. The number of nitrogens with one attached hydrogen (secondary N) is 1. The number of hydrogen-bond donors (Lipinski definition) is 1. The predicted molar refractivity (Wildman–Crippen MR) is 45.9 cm³/mol. The van der Waals surface area contributed by atoms with E-state index >= 15 is 0 Å². The van der Waals surface area contributed by atoms with Crippen LogP contribution in [-0.2, 0) is 4.79 Å². The Balaban J connectivity index is 2.27. The van der Waals surface area contributed by atoms with Crippen molar-refractivity contribution in [2.75, 3.05) is 6.54 Å². The number of aliphatic imine (C=N–C) groups is 1. The van der Waals surface area contributed by atoms with Gasteiger partial charge in [0.1, 0.15) is 18.2 Å². The third kappa shape index (κ3) is 1.56. The maximum atomic E-state index is 12.5. The molecule has 1 aliphatic rings. The lowest BCUT2D eigenvalue weighted by atomic mass is 10.2. The highest BCUT2D eigenvalue weighted by Crippen LogP contribution is 2.05. The van der Waals surface area contributed by atoms with Crippen LogP contribution in [0.25, 0.3) is 0 Å². The number of amides is 1. The van der Waals surface area contributed by atoms with Gasteiger partial charge in [0.2, 0.25) is 5.91 Å². The number of rotatable bonds is 1. The Morgan fingerprint density at radius 1 is 1.31 bits per heavy atom. The Morgan fingerprint density at radius 2 is 2.00 bits per heavy atom. The van der Waals surface area contributed by atoms with Crippen LogP contribution in [0, 0.1) is 5.82 Å². The second kappa shape index (κ2) is 2.97. The monoisotopic (exact) mass is 178 g/mol. The minimum atomic E-state index is -0.298. The molecule has 0 aromatic heterocycles. The molecule has 0 radical (unpaired) electrons. The summed E-state index contributed by atoms with van der Waals surface area (Å²) >= 11 is 0. The Bertz CT molecular complexity index is 370. The van der Waals surface area contributed by atoms with Crippen LogP contribution in [0.3, 0.4) is 0 Å². The molecule has 66 valence electrons. The maximum Gasteiger partial charge on any atom is 0.247 e. The van der Waals surface area contributed by atoms with Crippen molar-refractivity contribution in [1.82, 2.24) is 5.32 Å². The van der Waals surface area contributed by atoms with Crippen molar-refractivity contribution in [3.8, 4) is 0 Å². The molecule has 0 unspecified atom stereocenters. The Kier molecular flexibility index (Phi) is 1.81. The number of hydrogen-bond acceptors (Lipinski definition) is 2. The molecule has 4 heteroatoms. The van der Waals surface area contributed by atoms with E-state index < -0.39 is 0 Å². The number of amidine groups is 1. The van der Waals surface area contributed by atoms with E-state index in [2.05, 4.69) is 10.3 Å². The third-order valence-corrected chi connectivity index (χ3v) is 1.76. The maximum absolute atomic E-state index is 12.5. The second-order valence-electron chi connectivity index (χ2n) is 2.72. The lowest BCUT2D eigenvalue weighted by molar-refractivity contribution is -0.117. The van der Waals surface area contributed by atoms with Gasteiger partial charge in [0.25, 0.3) is 0 Å². The van der Waals surface area contributed by atoms with E-state index in [0.717, 1.165) is 5.56 Å². The van der Waals surface area contributed by atoms with Crippen LogP contribution < -0.4 is 5.32 Å². The molecule has 0 fully saturated rings. The smallest absolute Gasteiger partial charge is 0.247 e. The molecule has 1 heterocycles. The highest BCUT2D eigenvalue weighted by molar-refractivity contribution is 6.12. The van der Waals surface area contributed by atoms with Crippen LogP contribution in [-0.4, -0.2) is 18.3 Å². The minimum absolute atomic E-state index is 0.126. The van der Waals surface area contributed by atoms with Crippen LogP contribution in [0.15, 0.2) is 29.3 Å². The van der Waals surface area contributed by atoms with Crippen molar-refractivity contribution in [3.05, 3.63) is 35.6 Å². The van der Waals surface area contributed by atoms with Crippen LogP contribution in [0.1, 0.15) is 5.56 Å². The molecule has 0 spiro atoms. The van der Waals surface area contributed by atoms with E-state index in [1.54, 1.807) is 12.1 Å². The summed E-state index contributed by atoms with van der Waals surface area (Å²) in [4.78, 5) is 14.7. The van der Waals surface area contributed by atoms with Gasteiger partial charge in [0.15, 0.2) is 0 Å². The molecule has 0 saturated heterocycles. The molecule has 2 rings (SSSR count). The van der Waals surface area contributed by atoms with E-state index in [4.69, 9.17) is 0 Å². The van der Waals surface area contributed by atoms with Crippen LogP contribution in [0.5, 0.6) is 0 Å². The van der Waals surface area contributed by atoms with Gasteiger partial charge in [-0.05, 0) is 24.3 Å². The zero-order valence-electron chi connectivity index (χ0n) is 6.75. The standard InChI is InChI=1S/C9H7FN2O/c10-7-3-1-6(2-4-7)9-11-5-8(13)12-9/h1-4H,5H2,(H,11,12,13). The number of benzene rings is 1. The normalized spacial score (nSPS) is 15.5. The van der Waals surface area contributed by atoms with Gasteiger partial charge < -0.3 is 5.32 Å². The SMILES string of the molecule is O=C1CN=C(c2ccc(F)cc2)N1. The molecule has 1 amide bonds. The van der Waals surface area contributed by atoms with E-state index in [1.807, 2.05) is 0 Å². The van der Waals surface area contributed by atoms with Gasteiger partial charge in [-0.1, -0.05) is 0 Å². The molecule has 1 aliphatic heterocycles. The average molecular weight is 178 g/mol. The molecule has 3 nitrogen and oxygen atoms in total. The molecule has 0 bridgehead atoms. The Labute approximate surface area is 74.3 Å². The van der Waals surface area contributed by atoms with Gasteiger partial charge in [-0.3, -0.25) is 9.79 Å². The first kappa shape index (κ1) is 7.91. The van der Waals surface area contributed by atoms with E-state index in [-0.39, 0.29) is 18.3 Å². The van der Waals surface area contributed by atoms with Gasteiger partial charge in [0.05, 0.1) is 0 Å². The Morgan fingerprint density at radius 3 is 2.54 bits per heavy atom. The summed E-state index contributed by atoms with van der Waals surface area (Å²) in [5.41, 5.74) is 0.729. The van der Waals surface area contributed by atoms with Crippen LogP contribution in [0.2, 0.25) is 0 Å². The Hall–Kier alpha value is -1.71. The molecule has 1 N–H and O–H groups in total. The van der Waals surface area contributed by atoms with Crippen molar-refractivity contribution < 1.29 is 9.18 Å². The largest absolute Gasteiger partial charge is 0.309 e. The first-order valence-corrected chi connectivity index (χ1v) is 3.86. The van der Waals surface area contributed by atoms with E-state index in [0.29, 0.717) is 5.84 Å². The molecule has 1 aromatic rings. The van der Waals surface area contributed by atoms with Crippen LogP contribution >= 0.6 is 0 Å². The van der Waals surface area contributed by atoms with Crippen molar-refractivity contribution in [3.63, 3.8) is 0 Å². The minimum Gasteiger partial charge on any atom is -0.309 e. The van der Waals surface area contributed by atoms with Crippen molar-refractivity contribution in [2.45, 2.75) is 0 Å². The lowest BCUT2D eigenvalue weighted by Crippen LogP contribution is -2.25. The fraction of sp³-hybridized carbons (Fsp3) is 0.111. The molecule has 0 atom stereocenters. The molecule has 1 aromatic carbocycles. The highest BCUT2D eigenvalue weighted by Gasteiger charge is 2.14. The second-order valence-corrected chi connectivity index (χ2v) is 2.72. The lowest BCUT2D eigenvalue weighted by Gasteiger charge is -1.99. The average Bonchev–Trinajstić information content (AvgIpc) is 2.53. The fourth-order valence-corrected chi connectivity index (χ4v) is 1.13. The number of carbonyl (C=O) groups excluding carboxylic acids is 1. The van der Waals surface area contributed by atoms with Crippen molar-refractivity contribution in [1.29, 1.82) is 0 Å². The fourth-order valence-electron chi connectivity index (χ4n) is 1.13. The molecular weight excluding hydrogens is 171 g/mol. The van der Waals surface area contributed by atoms with E-state index in [9.17, 15) is 9.18 Å². The van der Waals surface area contributed by atoms with Crippen molar-refractivity contribution in [2.24, 2.45) is 4.99 Å². The summed E-state index contributed by atoms with van der Waals surface area (Å²) in [7, 11) is 0. The first-order chi connectivity index (χ1) is 6.25. The quantitative estimate of drug-likeness (QED) is 0.675. The summed E-state index contributed by atoms with van der Waals surface area (Å²) in [6, 6.07) is 5.84. The summed E-state index contributed by atoms with van der Waals surface area (Å²) in [5.74, 6) is 0.0954. The van der Waals surface area contributed by atoms with Gasteiger partial charge in [0, 0.05) is 5.56 Å². The first-order valence-electron chi connectivity index (χ1n) is 3.86. The van der Waals surface area contributed by atoms with Gasteiger partial charge in [-0.2, -0.15) is 0 Å². The summed E-state index contributed by atoms with van der Waals surface area (Å²) in [5, 5.41) is 2.58. The predicted octanol–water partition coefficient (Wildman–Crippen LogP) is 0.702. The van der Waals surface area contributed by atoms with Crippen molar-refractivity contribution >= 4 is 11.7 Å². The zero-order valence-corrected chi connectivity index (χ0v) is 6.75. The number of nitrogens with zero attached hydrogens (tertiary/aromatic N) is 1. The van der Waals surface area contributed by atoms with Gasteiger partial charge in [-0.25, -0.2) is 4.39 Å². The highest BCUT2D eigenvalue weighted by atomic mass is 19.1. The topological polar surface area (TPSA) is 41.5 Å². The van der Waals surface area contributed by atoms with Crippen LogP contribution in [0.4, 0.5) is 4.39 Å². The molecular formula is C9H7FN2O. The zero-order chi connectivity index (χ0) is 9.26. The summed E-state index contributed by atoms with van der Waals surface area (Å²) in [6.45, 7) is 0.159. The summed E-state index contributed by atoms with van der Waals surface area (Å²) in [6.07, 6.45) is 0. The van der Waals surface area contributed by atoms with Gasteiger partial charge in [-0.15, -0.1) is 0 Å². The molecule has 0 aliphatic carbocycles. The van der Waals surface area contributed by atoms with Gasteiger partial charge >= 0.3 is 0 Å². The molecule has 0 saturated carbocycles. The number of carbonyl (C=O) groups is 1. The third-order valence-electron chi connectivity index (χ3n) is 1.76.